The molecule has 1 aliphatic rings. The number of fused-ring (bicyclic) bond motifs is 1. The van der Waals surface area contributed by atoms with Crippen LogP contribution in [0.15, 0.2) is 18.3 Å². The second kappa shape index (κ2) is 5.69. The van der Waals surface area contributed by atoms with Gasteiger partial charge in [-0.15, -0.1) is 0 Å². The maximum Gasteiger partial charge on any atom is 0.0605 e. The van der Waals surface area contributed by atoms with Crippen LogP contribution in [0, 0.1) is 0 Å². The molecule has 88 valence electrons. The van der Waals surface area contributed by atoms with Crippen molar-refractivity contribution in [3.05, 3.63) is 29.6 Å². The van der Waals surface area contributed by atoms with Gasteiger partial charge in [-0.2, -0.15) is 11.8 Å². The molecule has 1 aromatic heterocycles. The minimum atomic E-state index is 0.465. The van der Waals surface area contributed by atoms with Crippen LogP contribution >= 0.6 is 11.8 Å². The Labute approximate surface area is 102 Å². The van der Waals surface area contributed by atoms with E-state index in [0.717, 1.165) is 0 Å². The molecule has 2 unspecified atom stereocenters. The highest BCUT2D eigenvalue weighted by atomic mass is 32.2. The van der Waals surface area contributed by atoms with E-state index >= 15 is 0 Å². The van der Waals surface area contributed by atoms with Crippen molar-refractivity contribution >= 4 is 11.8 Å². The maximum atomic E-state index is 4.54. The third-order valence-corrected chi connectivity index (χ3v) is 3.93. The van der Waals surface area contributed by atoms with Crippen LogP contribution in [0.3, 0.4) is 0 Å². The topological polar surface area (TPSA) is 24.9 Å². The highest BCUT2D eigenvalue weighted by molar-refractivity contribution is 7.98. The Bertz CT molecular complexity index is 340. The highest BCUT2D eigenvalue weighted by Gasteiger charge is 2.21. The van der Waals surface area contributed by atoms with Crippen LogP contribution in [-0.4, -0.2) is 23.0 Å². The van der Waals surface area contributed by atoms with E-state index in [4.69, 9.17) is 0 Å². The van der Waals surface area contributed by atoms with Crippen molar-refractivity contribution in [3.63, 3.8) is 0 Å². The van der Waals surface area contributed by atoms with Crippen molar-refractivity contribution in [2.24, 2.45) is 0 Å². The molecule has 0 radical (unpaired) electrons. The summed E-state index contributed by atoms with van der Waals surface area (Å²) >= 11 is 1.90. The molecule has 16 heavy (non-hydrogen) atoms. The SMILES string of the molecule is CSCC(C)NC1CCCc2cccnc21. The van der Waals surface area contributed by atoms with Gasteiger partial charge in [0, 0.05) is 24.0 Å². The van der Waals surface area contributed by atoms with E-state index in [1.54, 1.807) is 0 Å². The van der Waals surface area contributed by atoms with Crippen LogP contribution in [0.1, 0.15) is 37.1 Å². The van der Waals surface area contributed by atoms with E-state index < -0.39 is 0 Å². The summed E-state index contributed by atoms with van der Waals surface area (Å²) in [6.45, 7) is 2.26. The molecule has 0 bridgehead atoms. The molecule has 1 aliphatic carbocycles. The van der Waals surface area contributed by atoms with Gasteiger partial charge in [0.15, 0.2) is 0 Å². The molecule has 0 saturated carbocycles. The van der Waals surface area contributed by atoms with E-state index in [0.29, 0.717) is 12.1 Å². The van der Waals surface area contributed by atoms with Crippen LogP contribution in [0.5, 0.6) is 0 Å². The van der Waals surface area contributed by atoms with Gasteiger partial charge in [0.2, 0.25) is 0 Å². The number of aryl methyl sites for hydroxylation is 1. The minimum Gasteiger partial charge on any atom is -0.305 e. The fourth-order valence-electron chi connectivity index (χ4n) is 2.41. The molecular formula is C13H20N2S. The zero-order valence-corrected chi connectivity index (χ0v) is 10.9. The first-order valence-electron chi connectivity index (χ1n) is 6.00. The van der Waals surface area contributed by atoms with Crippen molar-refractivity contribution in [1.82, 2.24) is 10.3 Å². The zero-order chi connectivity index (χ0) is 11.4. The molecule has 0 aliphatic heterocycles. The lowest BCUT2D eigenvalue weighted by molar-refractivity contribution is 0.416. The summed E-state index contributed by atoms with van der Waals surface area (Å²) in [7, 11) is 0. The van der Waals surface area contributed by atoms with Crippen molar-refractivity contribution in [3.8, 4) is 0 Å². The molecule has 1 N–H and O–H groups in total. The van der Waals surface area contributed by atoms with Gasteiger partial charge < -0.3 is 5.32 Å². The fraction of sp³-hybridized carbons (Fsp3) is 0.615. The number of nitrogens with zero attached hydrogens (tertiary/aromatic N) is 1. The normalized spacial score (nSPS) is 21.5. The quantitative estimate of drug-likeness (QED) is 0.870. The molecular weight excluding hydrogens is 216 g/mol. The molecule has 0 saturated heterocycles. The number of rotatable bonds is 4. The Kier molecular flexibility index (Phi) is 4.24. The van der Waals surface area contributed by atoms with E-state index in [-0.39, 0.29) is 0 Å². The molecule has 3 heteroatoms. The van der Waals surface area contributed by atoms with Crippen molar-refractivity contribution in [1.29, 1.82) is 0 Å². The monoisotopic (exact) mass is 236 g/mol. The Morgan fingerprint density at radius 2 is 2.50 bits per heavy atom. The Morgan fingerprint density at radius 1 is 1.62 bits per heavy atom. The second-order valence-electron chi connectivity index (χ2n) is 4.52. The highest BCUT2D eigenvalue weighted by Crippen LogP contribution is 2.28. The third kappa shape index (κ3) is 2.77. The van der Waals surface area contributed by atoms with Gasteiger partial charge in [-0.25, -0.2) is 0 Å². The van der Waals surface area contributed by atoms with E-state index in [2.05, 4.69) is 29.5 Å². The molecule has 1 aromatic rings. The maximum absolute atomic E-state index is 4.54. The molecule has 0 amide bonds. The first kappa shape index (κ1) is 11.9. The van der Waals surface area contributed by atoms with Gasteiger partial charge in [-0.1, -0.05) is 6.07 Å². The minimum absolute atomic E-state index is 0.465. The number of nitrogens with one attached hydrogen (secondary N) is 1. The summed E-state index contributed by atoms with van der Waals surface area (Å²) in [6.07, 6.45) is 7.77. The number of aromatic nitrogens is 1. The molecule has 0 fully saturated rings. The molecule has 0 spiro atoms. The Morgan fingerprint density at radius 3 is 3.31 bits per heavy atom. The first-order valence-corrected chi connectivity index (χ1v) is 7.39. The van der Waals surface area contributed by atoms with Gasteiger partial charge in [0.05, 0.1) is 5.69 Å². The third-order valence-electron chi connectivity index (χ3n) is 3.10. The summed E-state index contributed by atoms with van der Waals surface area (Å²) in [5.41, 5.74) is 2.71. The summed E-state index contributed by atoms with van der Waals surface area (Å²) < 4.78 is 0. The summed E-state index contributed by atoms with van der Waals surface area (Å²) in [5.74, 6) is 1.17. The van der Waals surface area contributed by atoms with Crippen LogP contribution < -0.4 is 5.32 Å². The van der Waals surface area contributed by atoms with Gasteiger partial charge in [-0.3, -0.25) is 4.98 Å². The van der Waals surface area contributed by atoms with E-state index in [1.165, 1.54) is 36.3 Å². The predicted octanol–water partition coefficient (Wildman–Crippen LogP) is 2.80. The van der Waals surface area contributed by atoms with Gasteiger partial charge in [0.1, 0.15) is 0 Å². The first-order chi connectivity index (χ1) is 7.81. The van der Waals surface area contributed by atoms with Gasteiger partial charge in [0.25, 0.3) is 0 Å². The number of hydrogen-bond acceptors (Lipinski definition) is 3. The van der Waals surface area contributed by atoms with Crippen LogP contribution in [0.25, 0.3) is 0 Å². The summed E-state index contributed by atoms with van der Waals surface area (Å²) in [4.78, 5) is 4.54. The fourth-order valence-corrected chi connectivity index (χ4v) is 3.01. The largest absolute Gasteiger partial charge is 0.305 e. The standard InChI is InChI=1S/C13H20N2S/c1-10(9-16-2)15-12-7-3-5-11-6-4-8-14-13(11)12/h4,6,8,10,12,15H,3,5,7,9H2,1-2H3. The zero-order valence-electron chi connectivity index (χ0n) is 10.1. The Hall–Kier alpha value is -0.540. The van der Waals surface area contributed by atoms with Gasteiger partial charge in [-0.05, 0) is 44.1 Å². The molecule has 2 rings (SSSR count). The van der Waals surface area contributed by atoms with Crippen molar-refractivity contribution in [2.45, 2.75) is 38.3 Å². The van der Waals surface area contributed by atoms with E-state index in [9.17, 15) is 0 Å². The average molecular weight is 236 g/mol. The number of thioether (sulfide) groups is 1. The van der Waals surface area contributed by atoms with Crippen LogP contribution in [0.2, 0.25) is 0 Å². The summed E-state index contributed by atoms with van der Waals surface area (Å²) in [6, 6.07) is 5.29. The Balaban J connectivity index is 2.07. The lowest BCUT2D eigenvalue weighted by Crippen LogP contribution is -2.34. The smallest absolute Gasteiger partial charge is 0.0605 e. The molecule has 0 aromatic carbocycles. The average Bonchev–Trinajstić information content (AvgIpc) is 2.30. The lowest BCUT2D eigenvalue weighted by Gasteiger charge is -2.27. The molecule has 1 heterocycles. The van der Waals surface area contributed by atoms with Gasteiger partial charge >= 0.3 is 0 Å². The summed E-state index contributed by atoms with van der Waals surface area (Å²) in [5, 5.41) is 3.69. The molecule has 2 nitrogen and oxygen atoms in total. The number of hydrogen-bond donors (Lipinski definition) is 1. The van der Waals surface area contributed by atoms with Crippen LogP contribution in [-0.2, 0) is 6.42 Å². The van der Waals surface area contributed by atoms with Crippen molar-refractivity contribution in [2.75, 3.05) is 12.0 Å². The number of pyridine rings is 1. The van der Waals surface area contributed by atoms with Crippen LogP contribution in [0.4, 0.5) is 0 Å². The van der Waals surface area contributed by atoms with E-state index in [1.807, 2.05) is 24.0 Å². The lowest BCUT2D eigenvalue weighted by atomic mass is 9.91. The van der Waals surface area contributed by atoms with Crippen molar-refractivity contribution < 1.29 is 0 Å². The molecule has 2 atom stereocenters. The predicted molar refractivity (Wildman–Crippen MR) is 70.9 cm³/mol. The second-order valence-corrected chi connectivity index (χ2v) is 5.43.